The van der Waals surface area contributed by atoms with Gasteiger partial charge in [-0.2, -0.15) is 0 Å². The van der Waals surface area contributed by atoms with Crippen molar-refractivity contribution in [2.45, 2.75) is 31.8 Å². The molecular formula is C25H25N3O4. The lowest BCUT2D eigenvalue weighted by molar-refractivity contribution is -0.158. The third-order valence-corrected chi connectivity index (χ3v) is 6.48. The Labute approximate surface area is 185 Å². The highest BCUT2D eigenvalue weighted by molar-refractivity contribution is 5.97. The van der Waals surface area contributed by atoms with Crippen molar-refractivity contribution >= 4 is 28.7 Å². The van der Waals surface area contributed by atoms with Gasteiger partial charge >= 0.3 is 5.97 Å². The van der Waals surface area contributed by atoms with Crippen LogP contribution in [-0.2, 0) is 20.7 Å². The number of benzene rings is 2. The van der Waals surface area contributed by atoms with Crippen LogP contribution in [0.2, 0.25) is 0 Å². The molecule has 2 atom stereocenters. The Kier molecular flexibility index (Phi) is 4.96. The van der Waals surface area contributed by atoms with Gasteiger partial charge in [0, 0.05) is 29.6 Å². The molecule has 7 nitrogen and oxygen atoms in total. The molecule has 3 heterocycles. The lowest BCUT2D eigenvalue weighted by atomic mass is 9.86. The molecule has 0 bridgehead atoms. The first-order valence-electron chi connectivity index (χ1n) is 10.9. The first-order chi connectivity index (χ1) is 15.5. The summed E-state index contributed by atoms with van der Waals surface area (Å²) in [5.74, 6) is -0.475. The average Bonchev–Trinajstić information content (AvgIpc) is 3.19. The Hall–Kier alpha value is -3.61. The van der Waals surface area contributed by atoms with Crippen LogP contribution >= 0.6 is 0 Å². The molecule has 1 unspecified atom stereocenters. The zero-order chi connectivity index (χ0) is 22.4. The second-order valence-corrected chi connectivity index (χ2v) is 8.36. The van der Waals surface area contributed by atoms with E-state index in [0.29, 0.717) is 18.5 Å². The molecule has 0 spiro atoms. The number of fused-ring (bicyclic) bond motifs is 4. The van der Waals surface area contributed by atoms with Crippen LogP contribution in [0, 0.1) is 0 Å². The van der Waals surface area contributed by atoms with E-state index in [0.717, 1.165) is 34.1 Å². The molecule has 0 saturated carbocycles. The SMILES string of the molecule is CCCN1CC(=O)N2C(c3ccc(C(=O)OC)cc3)c3[nH]c4ccccc4c3C[C@@H]2C1=O. The molecule has 2 aromatic carbocycles. The number of rotatable bonds is 4. The fourth-order valence-electron chi connectivity index (χ4n) is 5.05. The van der Waals surface area contributed by atoms with Crippen LogP contribution in [0.5, 0.6) is 0 Å². The highest BCUT2D eigenvalue weighted by atomic mass is 16.5. The molecule has 0 radical (unpaired) electrons. The highest BCUT2D eigenvalue weighted by Gasteiger charge is 2.47. The van der Waals surface area contributed by atoms with E-state index in [9.17, 15) is 14.4 Å². The smallest absolute Gasteiger partial charge is 0.337 e. The largest absolute Gasteiger partial charge is 0.465 e. The number of carbonyl (C=O) groups excluding carboxylic acids is 3. The van der Waals surface area contributed by atoms with Gasteiger partial charge in [-0.25, -0.2) is 4.79 Å². The Bertz CT molecular complexity index is 1210. The minimum absolute atomic E-state index is 0.00133. The fourth-order valence-corrected chi connectivity index (χ4v) is 5.05. The summed E-state index contributed by atoms with van der Waals surface area (Å²) in [6.07, 6.45) is 1.30. The lowest BCUT2D eigenvalue weighted by Crippen LogP contribution is -2.63. The molecular weight excluding hydrogens is 406 g/mol. The second kappa shape index (κ2) is 7.82. The van der Waals surface area contributed by atoms with Crippen molar-refractivity contribution in [1.29, 1.82) is 0 Å². The molecule has 32 heavy (non-hydrogen) atoms. The summed E-state index contributed by atoms with van der Waals surface area (Å²) in [5.41, 5.74) is 4.27. The molecule has 2 aliphatic rings. The number of esters is 1. The van der Waals surface area contributed by atoms with Crippen LogP contribution in [0.25, 0.3) is 10.9 Å². The van der Waals surface area contributed by atoms with Gasteiger partial charge in [-0.3, -0.25) is 9.59 Å². The molecule has 5 rings (SSSR count). The topological polar surface area (TPSA) is 82.7 Å². The van der Waals surface area contributed by atoms with Crippen LogP contribution in [0.15, 0.2) is 48.5 Å². The maximum Gasteiger partial charge on any atom is 0.337 e. The Balaban J connectivity index is 1.66. The molecule has 1 aromatic heterocycles. The molecule has 3 aromatic rings. The number of hydrogen-bond donors (Lipinski definition) is 1. The van der Waals surface area contributed by atoms with E-state index in [-0.39, 0.29) is 18.4 Å². The summed E-state index contributed by atoms with van der Waals surface area (Å²) in [4.78, 5) is 45.5. The van der Waals surface area contributed by atoms with Crippen molar-refractivity contribution in [1.82, 2.24) is 14.8 Å². The summed E-state index contributed by atoms with van der Waals surface area (Å²) in [7, 11) is 1.35. The summed E-state index contributed by atoms with van der Waals surface area (Å²) >= 11 is 0. The monoisotopic (exact) mass is 431 g/mol. The number of ether oxygens (including phenoxy) is 1. The van der Waals surface area contributed by atoms with Crippen molar-refractivity contribution < 1.29 is 19.1 Å². The Morgan fingerprint density at radius 2 is 1.88 bits per heavy atom. The normalized spacial score (nSPS) is 20.3. The van der Waals surface area contributed by atoms with Crippen molar-refractivity contribution in [2.75, 3.05) is 20.2 Å². The highest BCUT2D eigenvalue weighted by Crippen LogP contribution is 2.42. The molecule has 0 aliphatic carbocycles. The average molecular weight is 431 g/mol. The van der Waals surface area contributed by atoms with Crippen molar-refractivity contribution in [3.05, 3.63) is 70.9 Å². The van der Waals surface area contributed by atoms with Gasteiger partial charge < -0.3 is 19.5 Å². The van der Waals surface area contributed by atoms with Gasteiger partial charge in [-0.15, -0.1) is 0 Å². The first kappa shape index (κ1) is 20.3. The summed E-state index contributed by atoms with van der Waals surface area (Å²) in [6.45, 7) is 2.68. The molecule has 1 fully saturated rings. The predicted molar refractivity (Wildman–Crippen MR) is 119 cm³/mol. The molecule has 2 aliphatic heterocycles. The molecule has 1 N–H and O–H groups in total. The van der Waals surface area contributed by atoms with E-state index in [2.05, 4.69) is 11.1 Å². The van der Waals surface area contributed by atoms with Crippen molar-refractivity contribution in [2.24, 2.45) is 0 Å². The van der Waals surface area contributed by atoms with Gasteiger partial charge in [0.05, 0.1) is 25.3 Å². The third kappa shape index (κ3) is 3.07. The lowest BCUT2D eigenvalue weighted by Gasteiger charge is -2.47. The summed E-state index contributed by atoms with van der Waals surface area (Å²) < 4.78 is 4.81. The minimum Gasteiger partial charge on any atom is -0.465 e. The molecule has 2 amide bonds. The first-order valence-corrected chi connectivity index (χ1v) is 10.9. The summed E-state index contributed by atoms with van der Waals surface area (Å²) in [5, 5.41) is 1.08. The number of nitrogens with zero attached hydrogens (tertiary/aromatic N) is 2. The van der Waals surface area contributed by atoms with E-state index in [1.54, 1.807) is 21.9 Å². The number of nitrogens with one attached hydrogen (secondary N) is 1. The van der Waals surface area contributed by atoms with Gasteiger partial charge in [0.15, 0.2) is 0 Å². The number of para-hydroxylation sites is 1. The number of carbonyl (C=O) groups is 3. The zero-order valence-electron chi connectivity index (χ0n) is 18.1. The van der Waals surface area contributed by atoms with Gasteiger partial charge in [-0.1, -0.05) is 37.3 Å². The molecule has 1 saturated heterocycles. The van der Waals surface area contributed by atoms with E-state index >= 15 is 0 Å². The standard InChI is InChI=1S/C25H25N3O4/c1-3-12-27-14-21(29)28-20(24(27)30)13-18-17-6-4-5-7-19(17)26-22(18)23(28)15-8-10-16(11-9-15)25(31)32-2/h4-11,20,23,26H,3,12-14H2,1-2H3/t20-,23?/m1/s1. The second-order valence-electron chi connectivity index (χ2n) is 8.36. The number of piperazine rings is 1. The van der Waals surface area contributed by atoms with E-state index in [1.807, 2.05) is 37.3 Å². The minimum atomic E-state index is -0.542. The van der Waals surface area contributed by atoms with Crippen LogP contribution in [0.1, 0.15) is 46.6 Å². The molecule has 7 heteroatoms. The number of amides is 2. The quantitative estimate of drug-likeness (QED) is 0.644. The predicted octanol–water partition coefficient (Wildman–Crippen LogP) is 3.05. The van der Waals surface area contributed by atoms with Crippen LogP contribution in [0.3, 0.4) is 0 Å². The fraction of sp³-hybridized carbons (Fsp3) is 0.320. The van der Waals surface area contributed by atoms with E-state index < -0.39 is 18.1 Å². The number of H-pyrrole nitrogens is 1. The number of aromatic amines is 1. The van der Waals surface area contributed by atoms with E-state index in [1.165, 1.54) is 7.11 Å². The summed E-state index contributed by atoms with van der Waals surface area (Å²) in [6, 6.07) is 14.1. The van der Waals surface area contributed by atoms with Gasteiger partial charge in [0.25, 0.3) is 0 Å². The van der Waals surface area contributed by atoms with Crippen molar-refractivity contribution in [3.8, 4) is 0 Å². The zero-order valence-corrected chi connectivity index (χ0v) is 18.1. The van der Waals surface area contributed by atoms with Gasteiger partial charge in [0.2, 0.25) is 11.8 Å². The number of hydrogen-bond acceptors (Lipinski definition) is 4. The van der Waals surface area contributed by atoms with Crippen LogP contribution in [0.4, 0.5) is 0 Å². The van der Waals surface area contributed by atoms with Crippen LogP contribution in [-0.4, -0.2) is 58.8 Å². The maximum atomic E-state index is 13.4. The van der Waals surface area contributed by atoms with Crippen LogP contribution < -0.4 is 0 Å². The van der Waals surface area contributed by atoms with E-state index in [4.69, 9.17) is 4.74 Å². The van der Waals surface area contributed by atoms with Gasteiger partial charge in [-0.05, 0) is 35.7 Å². The Morgan fingerprint density at radius 3 is 2.59 bits per heavy atom. The maximum absolute atomic E-state index is 13.4. The third-order valence-electron chi connectivity index (χ3n) is 6.48. The number of aromatic nitrogens is 1. The Morgan fingerprint density at radius 1 is 1.12 bits per heavy atom. The van der Waals surface area contributed by atoms with Crippen molar-refractivity contribution in [3.63, 3.8) is 0 Å². The molecule has 164 valence electrons. The number of methoxy groups -OCH3 is 1. The van der Waals surface area contributed by atoms with Gasteiger partial charge in [0.1, 0.15) is 6.04 Å².